The average Bonchev–Trinajstić information content (AvgIpc) is 2.44. The summed E-state index contributed by atoms with van der Waals surface area (Å²) in [6.45, 7) is 2.21. The molecule has 0 spiro atoms. The van der Waals surface area contributed by atoms with Gasteiger partial charge < -0.3 is 5.32 Å². The van der Waals surface area contributed by atoms with Crippen LogP contribution >= 0.6 is 15.9 Å². The van der Waals surface area contributed by atoms with Crippen LogP contribution in [0, 0.1) is 11.7 Å². The van der Waals surface area contributed by atoms with Crippen LogP contribution in [0.15, 0.2) is 22.7 Å². The quantitative estimate of drug-likeness (QED) is 0.846. The van der Waals surface area contributed by atoms with E-state index in [0.29, 0.717) is 4.47 Å². The minimum absolute atomic E-state index is 0.120. The van der Waals surface area contributed by atoms with Crippen LogP contribution < -0.4 is 5.32 Å². The Hall–Kier alpha value is -0.900. The van der Waals surface area contributed by atoms with Crippen molar-refractivity contribution in [1.82, 2.24) is 5.32 Å². The van der Waals surface area contributed by atoms with Gasteiger partial charge in [-0.1, -0.05) is 25.8 Å². The molecule has 0 bridgehead atoms. The Morgan fingerprint density at radius 3 is 2.70 bits per heavy atom. The number of amides is 1. The Kier molecular flexibility index (Phi) is 5.58. The van der Waals surface area contributed by atoms with E-state index in [-0.39, 0.29) is 17.5 Å². The van der Waals surface area contributed by atoms with Gasteiger partial charge in [0.1, 0.15) is 5.82 Å². The fourth-order valence-electron chi connectivity index (χ4n) is 2.95. The molecular formula is C16H21BrFNO. The van der Waals surface area contributed by atoms with E-state index in [1.54, 1.807) is 12.1 Å². The number of hydrogen-bond donors (Lipinski definition) is 1. The smallest absolute Gasteiger partial charge is 0.254 e. The molecule has 0 aliphatic heterocycles. The number of halogens is 2. The Morgan fingerprint density at radius 2 is 2.05 bits per heavy atom. The molecule has 0 heterocycles. The second kappa shape index (κ2) is 7.21. The van der Waals surface area contributed by atoms with E-state index in [4.69, 9.17) is 0 Å². The van der Waals surface area contributed by atoms with Gasteiger partial charge in [0, 0.05) is 6.04 Å². The third kappa shape index (κ3) is 3.81. The minimum Gasteiger partial charge on any atom is -0.349 e. The van der Waals surface area contributed by atoms with Crippen molar-refractivity contribution >= 4 is 21.8 Å². The number of carbonyl (C=O) groups excluding carboxylic acids is 1. The van der Waals surface area contributed by atoms with Crippen LogP contribution in [0.4, 0.5) is 4.39 Å². The molecule has 1 N–H and O–H groups in total. The van der Waals surface area contributed by atoms with Crippen LogP contribution in [0.25, 0.3) is 0 Å². The van der Waals surface area contributed by atoms with E-state index in [2.05, 4.69) is 28.2 Å². The number of carbonyl (C=O) groups is 1. The maximum absolute atomic E-state index is 13.9. The maximum Gasteiger partial charge on any atom is 0.254 e. The van der Waals surface area contributed by atoms with Crippen molar-refractivity contribution in [1.29, 1.82) is 0 Å². The summed E-state index contributed by atoms with van der Waals surface area (Å²) in [4.78, 5) is 12.1. The highest BCUT2D eigenvalue weighted by Crippen LogP contribution is 2.28. The topological polar surface area (TPSA) is 29.1 Å². The largest absolute Gasteiger partial charge is 0.349 e. The van der Waals surface area contributed by atoms with Crippen molar-refractivity contribution in [3.8, 4) is 0 Å². The third-order valence-electron chi connectivity index (χ3n) is 4.08. The first-order chi connectivity index (χ1) is 9.61. The zero-order chi connectivity index (χ0) is 14.5. The van der Waals surface area contributed by atoms with Crippen molar-refractivity contribution in [3.05, 3.63) is 34.1 Å². The highest BCUT2D eigenvalue weighted by Gasteiger charge is 2.23. The molecule has 0 radical (unpaired) electrons. The summed E-state index contributed by atoms with van der Waals surface area (Å²) in [6, 6.07) is 4.99. The van der Waals surface area contributed by atoms with Gasteiger partial charge in [-0.2, -0.15) is 0 Å². The Morgan fingerprint density at radius 1 is 1.35 bits per heavy atom. The summed E-state index contributed by atoms with van der Waals surface area (Å²) in [5.41, 5.74) is 0.120. The Balaban J connectivity index is 1.91. The van der Waals surface area contributed by atoms with Gasteiger partial charge in [0.25, 0.3) is 5.91 Å². The van der Waals surface area contributed by atoms with Crippen LogP contribution in [-0.4, -0.2) is 11.9 Å². The van der Waals surface area contributed by atoms with Crippen LogP contribution in [0.2, 0.25) is 0 Å². The average molecular weight is 342 g/mol. The lowest BCUT2D eigenvalue weighted by Crippen LogP contribution is -2.38. The van der Waals surface area contributed by atoms with Gasteiger partial charge >= 0.3 is 0 Å². The van der Waals surface area contributed by atoms with Gasteiger partial charge in [0.2, 0.25) is 0 Å². The first-order valence-corrected chi connectivity index (χ1v) is 8.16. The van der Waals surface area contributed by atoms with E-state index >= 15 is 0 Å². The molecule has 1 aromatic carbocycles. The highest BCUT2D eigenvalue weighted by molar-refractivity contribution is 9.10. The predicted molar refractivity (Wildman–Crippen MR) is 82.2 cm³/mol. The van der Waals surface area contributed by atoms with Crippen molar-refractivity contribution in [2.45, 2.75) is 51.5 Å². The number of rotatable bonds is 4. The summed E-state index contributed by atoms with van der Waals surface area (Å²) in [6.07, 6.45) is 6.85. The van der Waals surface area contributed by atoms with Gasteiger partial charge in [-0.05, 0) is 59.7 Å². The molecule has 1 aromatic rings. The monoisotopic (exact) mass is 341 g/mol. The first kappa shape index (κ1) is 15.5. The lowest BCUT2D eigenvalue weighted by atomic mass is 9.83. The molecule has 1 aliphatic rings. The van der Waals surface area contributed by atoms with Crippen LogP contribution in [0.3, 0.4) is 0 Å². The molecule has 0 unspecified atom stereocenters. The molecule has 1 aliphatic carbocycles. The van der Waals surface area contributed by atoms with Crippen LogP contribution in [0.1, 0.15) is 55.8 Å². The van der Waals surface area contributed by atoms with Crippen molar-refractivity contribution in [2.75, 3.05) is 0 Å². The number of nitrogens with one attached hydrogen (secondary N) is 1. The van der Waals surface area contributed by atoms with Gasteiger partial charge in [0.15, 0.2) is 0 Å². The van der Waals surface area contributed by atoms with Gasteiger partial charge in [-0.3, -0.25) is 4.79 Å². The van der Waals surface area contributed by atoms with E-state index < -0.39 is 5.82 Å². The molecule has 0 aromatic heterocycles. The summed E-state index contributed by atoms with van der Waals surface area (Å²) in [5, 5.41) is 2.97. The summed E-state index contributed by atoms with van der Waals surface area (Å²) >= 11 is 3.11. The molecule has 0 atom stereocenters. The zero-order valence-electron chi connectivity index (χ0n) is 11.8. The molecular weight excluding hydrogens is 321 g/mol. The highest BCUT2D eigenvalue weighted by atomic mass is 79.9. The van der Waals surface area contributed by atoms with E-state index in [1.807, 2.05) is 0 Å². The van der Waals surface area contributed by atoms with Gasteiger partial charge in [-0.15, -0.1) is 0 Å². The second-order valence-corrected chi connectivity index (χ2v) is 6.44. The maximum atomic E-state index is 13.9. The molecule has 1 amide bonds. The minimum atomic E-state index is -0.482. The number of benzene rings is 1. The SMILES string of the molecule is CCCC1CCC(NC(=O)c2cccc(Br)c2F)CC1. The predicted octanol–water partition coefficient (Wildman–Crippen LogP) is 4.68. The molecule has 4 heteroatoms. The van der Waals surface area contributed by atoms with Crippen molar-refractivity contribution in [3.63, 3.8) is 0 Å². The molecule has 2 rings (SSSR count). The summed E-state index contributed by atoms with van der Waals surface area (Å²) in [5.74, 6) is 0.0168. The van der Waals surface area contributed by atoms with Crippen LogP contribution in [-0.2, 0) is 0 Å². The van der Waals surface area contributed by atoms with Crippen molar-refractivity contribution < 1.29 is 9.18 Å². The van der Waals surface area contributed by atoms with Gasteiger partial charge in [-0.25, -0.2) is 4.39 Å². The number of hydrogen-bond acceptors (Lipinski definition) is 1. The Labute approximate surface area is 128 Å². The molecule has 0 saturated heterocycles. The molecule has 20 heavy (non-hydrogen) atoms. The molecule has 110 valence electrons. The third-order valence-corrected chi connectivity index (χ3v) is 4.69. The second-order valence-electron chi connectivity index (χ2n) is 5.58. The standard InChI is InChI=1S/C16H21BrFNO/c1-2-4-11-7-9-12(10-8-11)19-16(20)13-5-3-6-14(17)15(13)18/h3,5-6,11-12H,2,4,7-10H2,1H3,(H,19,20). The van der Waals surface area contributed by atoms with E-state index in [0.717, 1.165) is 18.8 Å². The lowest BCUT2D eigenvalue weighted by molar-refractivity contribution is 0.0917. The Bertz CT molecular complexity index is 470. The van der Waals surface area contributed by atoms with E-state index in [1.165, 1.54) is 31.7 Å². The molecule has 2 nitrogen and oxygen atoms in total. The summed E-state index contributed by atoms with van der Waals surface area (Å²) in [7, 11) is 0. The fourth-order valence-corrected chi connectivity index (χ4v) is 3.31. The fraction of sp³-hybridized carbons (Fsp3) is 0.562. The summed E-state index contributed by atoms with van der Waals surface area (Å²) < 4.78 is 14.2. The normalized spacial score (nSPS) is 22.6. The van der Waals surface area contributed by atoms with E-state index in [9.17, 15) is 9.18 Å². The zero-order valence-corrected chi connectivity index (χ0v) is 13.4. The first-order valence-electron chi connectivity index (χ1n) is 7.36. The van der Waals surface area contributed by atoms with Crippen LogP contribution in [0.5, 0.6) is 0 Å². The lowest BCUT2D eigenvalue weighted by Gasteiger charge is -2.29. The molecule has 1 saturated carbocycles. The van der Waals surface area contributed by atoms with Gasteiger partial charge in [0.05, 0.1) is 10.0 Å². The van der Waals surface area contributed by atoms with Crippen molar-refractivity contribution in [2.24, 2.45) is 5.92 Å². The molecule has 1 fully saturated rings.